The Balaban J connectivity index is 2.33. The van der Waals surface area contributed by atoms with E-state index in [4.69, 9.17) is 0 Å². The summed E-state index contributed by atoms with van der Waals surface area (Å²) in [7, 11) is -3.15. The Labute approximate surface area is 115 Å². The predicted molar refractivity (Wildman–Crippen MR) is 77.5 cm³/mol. The van der Waals surface area contributed by atoms with Crippen molar-refractivity contribution < 1.29 is 8.42 Å². The van der Waals surface area contributed by atoms with Crippen molar-refractivity contribution in [1.82, 2.24) is 9.55 Å². The zero-order valence-electron chi connectivity index (χ0n) is 11.1. The molecule has 0 aliphatic heterocycles. The Kier molecular flexibility index (Phi) is 3.78. The molecule has 0 saturated carbocycles. The average Bonchev–Trinajstić information content (AvgIpc) is 2.71. The minimum atomic E-state index is -3.15. The van der Waals surface area contributed by atoms with Gasteiger partial charge in [-0.3, -0.25) is 9.36 Å². The summed E-state index contributed by atoms with van der Waals surface area (Å²) in [5.41, 5.74) is 1.51. The quantitative estimate of drug-likeness (QED) is 0.860. The Bertz CT molecular complexity index is 757. The maximum absolute atomic E-state index is 12.2. The van der Waals surface area contributed by atoms with E-state index in [1.807, 2.05) is 12.3 Å². The van der Waals surface area contributed by atoms with E-state index in [9.17, 15) is 13.2 Å². The Morgan fingerprint density at radius 2 is 2.11 bits per heavy atom. The first-order valence-corrected chi connectivity index (χ1v) is 8.57. The summed E-state index contributed by atoms with van der Waals surface area (Å²) < 4.78 is 25.5. The molecule has 2 heterocycles. The summed E-state index contributed by atoms with van der Waals surface area (Å²) in [6, 6.07) is 0. The molecule has 2 rings (SSSR count). The van der Waals surface area contributed by atoms with Crippen LogP contribution in [0.25, 0.3) is 10.2 Å². The summed E-state index contributed by atoms with van der Waals surface area (Å²) in [6.45, 7) is 5.34. The van der Waals surface area contributed by atoms with Gasteiger partial charge in [-0.25, -0.2) is 13.4 Å². The van der Waals surface area contributed by atoms with Gasteiger partial charge in [-0.1, -0.05) is 0 Å². The van der Waals surface area contributed by atoms with Gasteiger partial charge in [0.05, 0.1) is 22.8 Å². The third kappa shape index (κ3) is 2.71. The molecule has 2 aromatic heterocycles. The molecule has 0 aliphatic carbocycles. The molecule has 0 aromatic carbocycles. The number of hydrogen-bond donors (Lipinski definition) is 0. The van der Waals surface area contributed by atoms with E-state index < -0.39 is 15.1 Å². The lowest BCUT2D eigenvalue weighted by molar-refractivity contribution is 0.578. The topological polar surface area (TPSA) is 69.0 Å². The molecule has 0 aliphatic rings. The summed E-state index contributed by atoms with van der Waals surface area (Å²) in [5.74, 6) is -0.0396. The number of aromatic nitrogens is 2. The fourth-order valence-corrected chi connectivity index (χ4v) is 3.55. The number of nitrogens with zero attached hydrogens (tertiary/aromatic N) is 2. The van der Waals surface area contributed by atoms with Crippen LogP contribution in [0.2, 0.25) is 0 Å². The van der Waals surface area contributed by atoms with Crippen LogP contribution in [0, 0.1) is 6.92 Å². The molecule has 19 heavy (non-hydrogen) atoms. The highest BCUT2D eigenvalue weighted by atomic mass is 32.2. The third-order valence-electron chi connectivity index (χ3n) is 3.06. The second-order valence-electron chi connectivity index (χ2n) is 4.76. The van der Waals surface area contributed by atoms with Gasteiger partial charge in [-0.15, -0.1) is 11.3 Å². The SMILES string of the molecule is Cc1csc2c(=O)n(CCS(=O)(=O)C(C)C)cnc12. The minimum Gasteiger partial charge on any atom is -0.297 e. The van der Waals surface area contributed by atoms with Crippen molar-refractivity contribution in [3.63, 3.8) is 0 Å². The smallest absolute Gasteiger partial charge is 0.271 e. The first-order chi connectivity index (χ1) is 8.83. The highest BCUT2D eigenvalue weighted by Gasteiger charge is 2.17. The fourth-order valence-electron chi connectivity index (χ4n) is 1.68. The normalized spacial score (nSPS) is 12.4. The number of thiophene rings is 1. The molecule has 0 bridgehead atoms. The first-order valence-electron chi connectivity index (χ1n) is 5.97. The monoisotopic (exact) mass is 300 g/mol. The number of aryl methyl sites for hydroxylation is 2. The van der Waals surface area contributed by atoms with E-state index >= 15 is 0 Å². The van der Waals surface area contributed by atoms with Crippen LogP contribution < -0.4 is 5.56 Å². The Morgan fingerprint density at radius 1 is 1.42 bits per heavy atom. The zero-order valence-corrected chi connectivity index (χ0v) is 12.7. The van der Waals surface area contributed by atoms with E-state index in [-0.39, 0.29) is 17.9 Å². The second-order valence-corrected chi connectivity index (χ2v) is 8.31. The van der Waals surface area contributed by atoms with Gasteiger partial charge in [-0.05, 0) is 31.7 Å². The van der Waals surface area contributed by atoms with Crippen molar-refractivity contribution in [3.05, 3.63) is 27.6 Å². The van der Waals surface area contributed by atoms with Gasteiger partial charge < -0.3 is 0 Å². The first kappa shape index (κ1) is 14.2. The standard InChI is InChI=1S/C12H16N2O3S2/c1-8(2)19(16,17)5-4-14-7-13-10-9(3)6-18-11(10)12(14)15/h6-8H,4-5H2,1-3H3. The van der Waals surface area contributed by atoms with Crippen LogP contribution >= 0.6 is 11.3 Å². The zero-order chi connectivity index (χ0) is 14.2. The molecule has 5 nitrogen and oxygen atoms in total. The molecule has 7 heteroatoms. The highest BCUT2D eigenvalue weighted by molar-refractivity contribution is 7.91. The number of sulfone groups is 1. The van der Waals surface area contributed by atoms with Gasteiger partial charge in [-0.2, -0.15) is 0 Å². The van der Waals surface area contributed by atoms with Crippen molar-refractivity contribution >= 4 is 31.4 Å². The number of hydrogen-bond acceptors (Lipinski definition) is 5. The lowest BCUT2D eigenvalue weighted by Gasteiger charge is -2.09. The molecule has 0 N–H and O–H groups in total. The van der Waals surface area contributed by atoms with Gasteiger partial charge >= 0.3 is 0 Å². The molecule has 104 valence electrons. The number of rotatable bonds is 4. The van der Waals surface area contributed by atoms with Crippen molar-refractivity contribution in [2.24, 2.45) is 0 Å². The summed E-state index contributed by atoms with van der Waals surface area (Å²) in [4.78, 5) is 16.4. The maximum atomic E-state index is 12.2. The van der Waals surface area contributed by atoms with E-state index in [1.165, 1.54) is 22.2 Å². The van der Waals surface area contributed by atoms with Gasteiger partial charge in [0.25, 0.3) is 5.56 Å². The van der Waals surface area contributed by atoms with Crippen LogP contribution in [0.1, 0.15) is 19.4 Å². The molecule has 0 spiro atoms. The van der Waals surface area contributed by atoms with E-state index in [0.717, 1.165) is 5.56 Å². The van der Waals surface area contributed by atoms with Gasteiger partial charge in [0.2, 0.25) is 0 Å². The largest absolute Gasteiger partial charge is 0.297 e. The average molecular weight is 300 g/mol. The lowest BCUT2D eigenvalue weighted by Crippen LogP contribution is -2.27. The van der Waals surface area contributed by atoms with E-state index in [0.29, 0.717) is 10.2 Å². The fraction of sp³-hybridized carbons (Fsp3) is 0.500. The minimum absolute atomic E-state index is 0.0396. The molecule has 0 fully saturated rings. The van der Waals surface area contributed by atoms with Crippen molar-refractivity contribution in [2.75, 3.05) is 5.75 Å². The van der Waals surface area contributed by atoms with Crippen LogP contribution in [0.15, 0.2) is 16.5 Å². The van der Waals surface area contributed by atoms with Crippen LogP contribution in [0.5, 0.6) is 0 Å². The van der Waals surface area contributed by atoms with Crippen molar-refractivity contribution in [1.29, 1.82) is 0 Å². The Morgan fingerprint density at radius 3 is 2.74 bits per heavy atom. The van der Waals surface area contributed by atoms with Gasteiger partial charge in [0.15, 0.2) is 9.84 Å². The van der Waals surface area contributed by atoms with Gasteiger partial charge in [0, 0.05) is 6.54 Å². The van der Waals surface area contributed by atoms with Gasteiger partial charge in [0.1, 0.15) is 4.70 Å². The van der Waals surface area contributed by atoms with Crippen LogP contribution in [-0.2, 0) is 16.4 Å². The molecular formula is C12H16N2O3S2. The van der Waals surface area contributed by atoms with Crippen LogP contribution in [0.3, 0.4) is 0 Å². The maximum Gasteiger partial charge on any atom is 0.271 e. The van der Waals surface area contributed by atoms with Crippen molar-refractivity contribution in [2.45, 2.75) is 32.6 Å². The van der Waals surface area contributed by atoms with Crippen molar-refractivity contribution in [3.8, 4) is 0 Å². The summed E-state index contributed by atoms with van der Waals surface area (Å²) >= 11 is 1.35. The van der Waals surface area contributed by atoms with E-state index in [1.54, 1.807) is 13.8 Å². The molecule has 2 aromatic rings. The van der Waals surface area contributed by atoms with Crippen LogP contribution in [0.4, 0.5) is 0 Å². The number of fused-ring (bicyclic) bond motifs is 1. The lowest BCUT2D eigenvalue weighted by atomic mass is 10.3. The second kappa shape index (κ2) is 5.05. The summed E-state index contributed by atoms with van der Waals surface area (Å²) in [6.07, 6.45) is 1.43. The predicted octanol–water partition coefficient (Wildman–Crippen LogP) is 1.59. The third-order valence-corrected chi connectivity index (χ3v) is 6.32. The summed E-state index contributed by atoms with van der Waals surface area (Å²) in [5, 5.41) is 1.46. The Hall–Kier alpha value is -1.21. The molecule has 0 saturated heterocycles. The molecule has 0 atom stereocenters. The molecule has 0 unspecified atom stereocenters. The van der Waals surface area contributed by atoms with E-state index in [2.05, 4.69) is 4.98 Å². The molecule has 0 radical (unpaired) electrons. The molecular weight excluding hydrogens is 284 g/mol. The van der Waals surface area contributed by atoms with Crippen LogP contribution in [-0.4, -0.2) is 29.0 Å². The molecule has 0 amide bonds. The highest BCUT2D eigenvalue weighted by Crippen LogP contribution is 2.19.